The molecule has 1 aromatic carbocycles. The second kappa shape index (κ2) is 9.97. The number of carbonyl (C=O) groups is 1. The van der Waals surface area contributed by atoms with Crippen molar-refractivity contribution in [2.24, 2.45) is 0 Å². The normalized spacial score (nSPS) is 17.3. The molecule has 1 amide bonds. The second-order valence-corrected chi connectivity index (χ2v) is 13.3. The fourth-order valence-electron chi connectivity index (χ4n) is 3.99. The van der Waals surface area contributed by atoms with E-state index in [0.717, 1.165) is 40.1 Å². The lowest BCUT2D eigenvalue weighted by atomic mass is 10.2. The molecule has 0 saturated carbocycles. The number of nitrogens with zero attached hydrogens (tertiary/aromatic N) is 4. The topological polar surface area (TPSA) is 73.8 Å². The molecule has 0 bridgehead atoms. The molecule has 1 saturated heterocycles. The Morgan fingerprint density at radius 3 is 2.70 bits per heavy atom. The average Bonchev–Trinajstić information content (AvgIpc) is 3.49. The molecule has 1 fully saturated rings. The predicted molar refractivity (Wildman–Crippen MR) is 136 cm³/mol. The summed E-state index contributed by atoms with van der Waals surface area (Å²) in [7, 11) is 0.183. The number of amides is 1. The number of carbonyl (C=O) groups excluding carboxylic acids is 1. The number of fused-ring (bicyclic) bond motifs is 1. The first-order valence-electron chi connectivity index (χ1n) is 10.8. The van der Waals surface area contributed by atoms with Crippen molar-refractivity contribution in [2.45, 2.75) is 36.4 Å². The zero-order valence-electron chi connectivity index (χ0n) is 18.8. The Kier molecular flexibility index (Phi) is 7.42. The first-order chi connectivity index (χ1) is 15.7. The number of hydrogen-bond acceptors (Lipinski definition) is 7. The zero-order valence-corrected chi connectivity index (χ0v) is 22.0. The van der Waals surface area contributed by atoms with Gasteiger partial charge in [-0.1, -0.05) is 29.0 Å². The van der Waals surface area contributed by atoms with E-state index in [9.17, 15) is 13.2 Å². The van der Waals surface area contributed by atoms with Crippen LogP contribution in [0.15, 0.2) is 34.5 Å². The van der Waals surface area contributed by atoms with Crippen LogP contribution in [0.1, 0.15) is 24.8 Å². The number of thiophene rings is 1. The van der Waals surface area contributed by atoms with Crippen molar-refractivity contribution in [1.82, 2.24) is 14.2 Å². The van der Waals surface area contributed by atoms with Crippen LogP contribution in [0, 0.1) is 6.92 Å². The monoisotopic (exact) mass is 526 g/mol. The molecule has 0 N–H and O–H groups in total. The molecule has 1 aliphatic rings. The van der Waals surface area contributed by atoms with Gasteiger partial charge >= 0.3 is 0 Å². The van der Waals surface area contributed by atoms with E-state index in [1.807, 2.05) is 33.2 Å². The summed E-state index contributed by atoms with van der Waals surface area (Å²) in [5.74, 6) is -0.215. The maximum atomic E-state index is 13.8. The van der Waals surface area contributed by atoms with Crippen molar-refractivity contribution in [2.75, 3.05) is 38.6 Å². The van der Waals surface area contributed by atoms with Gasteiger partial charge in [0.15, 0.2) is 5.13 Å². The summed E-state index contributed by atoms with van der Waals surface area (Å²) in [6, 6.07) is 8.35. The quantitative estimate of drug-likeness (QED) is 0.433. The predicted octanol–water partition coefficient (Wildman–Crippen LogP) is 4.46. The van der Waals surface area contributed by atoms with Gasteiger partial charge in [-0.25, -0.2) is 13.4 Å². The minimum absolute atomic E-state index is 0.168. The summed E-state index contributed by atoms with van der Waals surface area (Å²) in [5.41, 5.74) is 1.97. The molecule has 11 heteroatoms. The Morgan fingerprint density at radius 2 is 2.00 bits per heavy atom. The van der Waals surface area contributed by atoms with Crippen molar-refractivity contribution in [1.29, 1.82) is 0 Å². The van der Waals surface area contributed by atoms with Crippen molar-refractivity contribution < 1.29 is 13.2 Å². The van der Waals surface area contributed by atoms with Gasteiger partial charge in [0.1, 0.15) is 10.3 Å². The number of anilines is 1. The highest BCUT2D eigenvalue weighted by atomic mass is 35.5. The van der Waals surface area contributed by atoms with Gasteiger partial charge in [-0.3, -0.25) is 9.69 Å². The third-order valence-electron chi connectivity index (χ3n) is 5.62. The highest BCUT2D eigenvalue weighted by Gasteiger charge is 2.42. The first-order valence-corrected chi connectivity index (χ1v) is 14.2. The number of aryl methyl sites for hydroxylation is 1. The molecular formula is C22H27ClN4O3S3. The minimum Gasteiger partial charge on any atom is -0.309 e. The van der Waals surface area contributed by atoms with Gasteiger partial charge in [0.05, 0.1) is 14.6 Å². The molecule has 0 spiro atoms. The summed E-state index contributed by atoms with van der Waals surface area (Å²) < 4.78 is 29.5. The van der Waals surface area contributed by atoms with Crippen LogP contribution in [-0.2, 0) is 14.8 Å². The lowest BCUT2D eigenvalue weighted by molar-refractivity contribution is -0.121. The number of aromatic nitrogens is 1. The molecule has 7 nitrogen and oxygen atoms in total. The second-order valence-electron chi connectivity index (χ2n) is 8.45. The van der Waals surface area contributed by atoms with Crippen molar-refractivity contribution in [3.63, 3.8) is 0 Å². The molecule has 0 radical (unpaired) electrons. The van der Waals surface area contributed by atoms with Crippen LogP contribution in [0.25, 0.3) is 10.2 Å². The van der Waals surface area contributed by atoms with Crippen LogP contribution >= 0.6 is 34.3 Å². The van der Waals surface area contributed by atoms with Crippen LogP contribution in [0.4, 0.5) is 5.13 Å². The third kappa shape index (κ3) is 5.26. The molecule has 1 atom stereocenters. The SMILES string of the molecule is Cc1ccc2nc(N(CCCN(C)C)C(=O)C3CCCN3S(=O)(=O)c3ccc(Cl)s3)sc2c1. The van der Waals surface area contributed by atoms with E-state index >= 15 is 0 Å². The number of halogens is 1. The molecule has 2 aromatic heterocycles. The number of thiazole rings is 1. The molecule has 33 heavy (non-hydrogen) atoms. The first kappa shape index (κ1) is 24.6. The fourth-order valence-corrected chi connectivity index (χ4v) is 8.34. The number of rotatable bonds is 8. The molecule has 4 rings (SSSR count). The van der Waals surface area contributed by atoms with Crippen LogP contribution in [-0.4, -0.2) is 68.3 Å². The number of benzene rings is 1. The van der Waals surface area contributed by atoms with E-state index in [4.69, 9.17) is 16.6 Å². The summed E-state index contributed by atoms with van der Waals surface area (Å²) in [4.78, 5) is 22.3. The summed E-state index contributed by atoms with van der Waals surface area (Å²) in [6.07, 6.45) is 1.89. The van der Waals surface area contributed by atoms with Gasteiger partial charge in [-0.15, -0.1) is 11.3 Å². The van der Waals surface area contributed by atoms with Gasteiger partial charge in [-0.05, 0) is 76.7 Å². The molecule has 0 aliphatic carbocycles. The van der Waals surface area contributed by atoms with Crippen LogP contribution in [0.2, 0.25) is 4.34 Å². The van der Waals surface area contributed by atoms with Crippen LogP contribution < -0.4 is 4.90 Å². The third-order valence-corrected chi connectivity index (χ3v) is 10.3. The fraction of sp³-hybridized carbons (Fsp3) is 0.455. The van der Waals surface area contributed by atoms with Crippen molar-refractivity contribution in [3.05, 3.63) is 40.2 Å². The van der Waals surface area contributed by atoms with E-state index in [1.54, 1.807) is 11.0 Å². The lowest BCUT2D eigenvalue weighted by Crippen LogP contribution is -2.48. The maximum Gasteiger partial charge on any atom is 0.253 e. The molecule has 1 aliphatic heterocycles. The van der Waals surface area contributed by atoms with Crippen molar-refractivity contribution >= 4 is 65.6 Å². The smallest absolute Gasteiger partial charge is 0.253 e. The molecule has 3 aromatic rings. The zero-order chi connectivity index (χ0) is 23.8. The highest BCUT2D eigenvalue weighted by Crippen LogP contribution is 2.35. The molecule has 178 valence electrons. The largest absolute Gasteiger partial charge is 0.309 e. The molecule has 1 unspecified atom stereocenters. The number of sulfonamides is 1. The van der Waals surface area contributed by atoms with E-state index in [2.05, 4.69) is 11.0 Å². The summed E-state index contributed by atoms with van der Waals surface area (Å²) >= 11 is 8.47. The van der Waals surface area contributed by atoms with E-state index in [-0.39, 0.29) is 10.1 Å². The van der Waals surface area contributed by atoms with Crippen molar-refractivity contribution in [3.8, 4) is 0 Å². The Balaban J connectivity index is 1.65. The van der Waals surface area contributed by atoms with Gasteiger partial charge in [0.25, 0.3) is 10.0 Å². The van der Waals surface area contributed by atoms with E-state index < -0.39 is 16.1 Å². The molecule has 3 heterocycles. The summed E-state index contributed by atoms with van der Waals surface area (Å²) in [5, 5.41) is 0.614. The Labute approximate surface area is 207 Å². The number of hydrogen-bond donors (Lipinski definition) is 0. The minimum atomic E-state index is -3.80. The maximum absolute atomic E-state index is 13.8. The molecular weight excluding hydrogens is 500 g/mol. The Bertz CT molecular complexity index is 1250. The Morgan fingerprint density at radius 1 is 1.21 bits per heavy atom. The Hall–Kier alpha value is -1.56. The van der Waals surface area contributed by atoms with E-state index in [1.165, 1.54) is 21.7 Å². The average molecular weight is 527 g/mol. The van der Waals surface area contributed by atoms with Gasteiger partial charge in [0, 0.05) is 13.1 Å². The van der Waals surface area contributed by atoms with E-state index in [0.29, 0.717) is 35.4 Å². The van der Waals surface area contributed by atoms with Gasteiger partial charge in [-0.2, -0.15) is 4.31 Å². The van der Waals surface area contributed by atoms with Crippen LogP contribution in [0.5, 0.6) is 0 Å². The van der Waals surface area contributed by atoms with Crippen LogP contribution in [0.3, 0.4) is 0 Å². The summed E-state index contributed by atoms with van der Waals surface area (Å²) in [6.45, 7) is 3.63. The van der Waals surface area contributed by atoms with Gasteiger partial charge in [0.2, 0.25) is 5.91 Å². The standard InChI is InChI=1S/C22H27ClN4O3S3/c1-15-7-8-16-18(14-15)31-22(24-16)26(12-5-11-25(2)3)21(28)17-6-4-13-27(17)33(29,30)20-10-9-19(23)32-20/h7-10,14,17H,4-6,11-13H2,1-3H3. The highest BCUT2D eigenvalue weighted by molar-refractivity contribution is 7.91. The van der Waals surface area contributed by atoms with Gasteiger partial charge < -0.3 is 4.90 Å². The lowest BCUT2D eigenvalue weighted by Gasteiger charge is -2.28.